The molecule has 1 N–H and O–H groups in total. The minimum Gasteiger partial charge on any atom is -0.462 e. The van der Waals surface area contributed by atoms with E-state index in [-0.39, 0.29) is 25.2 Å². The zero-order valence-electron chi connectivity index (χ0n) is 40.4. The second-order valence-electron chi connectivity index (χ2n) is 17.6. The predicted molar refractivity (Wildman–Crippen MR) is 265 cm³/mol. The molecule has 0 aliphatic heterocycles. The lowest BCUT2D eigenvalue weighted by molar-refractivity contribution is -0.161. The summed E-state index contributed by atoms with van der Waals surface area (Å²) in [6.07, 6.45) is 68.9. The minimum atomic E-state index is -0.772. The quantitative estimate of drug-likeness (QED) is 0.0375. The molecule has 0 aliphatic rings. The van der Waals surface area contributed by atoms with E-state index < -0.39 is 6.10 Å². The second kappa shape index (κ2) is 51.9. The highest BCUT2D eigenvalue weighted by molar-refractivity contribution is 5.70. The third-order valence-corrected chi connectivity index (χ3v) is 11.6. The van der Waals surface area contributed by atoms with Gasteiger partial charge in [-0.3, -0.25) is 9.59 Å². The molecule has 0 fully saturated rings. The molecule has 0 spiro atoms. The first-order chi connectivity index (χ1) is 30.1. The van der Waals surface area contributed by atoms with Gasteiger partial charge in [0, 0.05) is 12.8 Å². The standard InChI is InChI=1S/C56H100O5/c1-3-5-7-9-11-13-15-17-19-21-23-24-25-26-27-28-29-30-31-32-33-35-37-39-41-43-45-47-49-51-56(59)61-54(52-57)53-60-55(58)50-48-46-44-42-40-38-36-34-22-20-18-16-14-12-10-8-6-4-2/h5,7,11,13,17,19,23-24,26-27,54,57H,3-4,6,8-10,12,14-16,18,20-22,25,28-53H2,1-2H3/b7-5-,13-11-,19-17-,24-23-,27-26-. The molecular formula is C56H100O5. The number of aliphatic hydroxyl groups is 1. The fourth-order valence-electron chi connectivity index (χ4n) is 7.64. The number of carbonyl (C=O) groups is 2. The summed E-state index contributed by atoms with van der Waals surface area (Å²) in [5.41, 5.74) is 0. The van der Waals surface area contributed by atoms with E-state index >= 15 is 0 Å². The average molecular weight is 853 g/mol. The molecule has 0 aliphatic carbocycles. The van der Waals surface area contributed by atoms with Crippen molar-refractivity contribution in [2.24, 2.45) is 0 Å². The van der Waals surface area contributed by atoms with Crippen LogP contribution < -0.4 is 0 Å². The number of rotatable bonds is 48. The molecule has 1 atom stereocenters. The van der Waals surface area contributed by atoms with E-state index in [4.69, 9.17) is 9.47 Å². The number of esters is 2. The molecule has 1 unspecified atom stereocenters. The van der Waals surface area contributed by atoms with Crippen LogP contribution in [-0.2, 0) is 19.1 Å². The van der Waals surface area contributed by atoms with E-state index in [1.807, 2.05) is 0 Å². The number of aliphatic hydroxyl groups excluding tert-OH is 1. The zero-order valence-corrected chi connectivity index (χ0v) is 40.4. The van der Waals surface area contributed by atoms with Crippen molar-refractivity contribution in [1.29, 1.82) is 0 Å². The number of hydrogen-bond donors (Lipinski definition) is 1. The lowest BCUT2D eigenvalue weighted by Crippen LogP contribution is -2.28. The smallest absolute Gasteiger partial charge is 0.306 e. The number of ether oxygens (including phenoxy) is 2. The Kier molecular flexibility index (Phi) is 49.9. The van der Waals surface area contributed by atoms with Crippen LogP contribution in [0.3, 0.4) is 0 Å². The first-order valence-electron chi connectivity index (χ1n) is 26.3. The average Bonchev–Trinajstić information content (AvgIpc) is 3.26. The molecule has 0 saturated heterocycles. The van der Waals surface area contributed by atoms with E-state index in [0.717, 1.165) is 70.6 Å². The van der Waals surface area contributed by atoms with Gasteiger partial charge >= 0.3 is 11.9 Å². The molecular weight excluding hydrogens is 753 g/mol. The maximum atomic E-state index is 12.3. The van der Waals surface area contributed by atoms with Crippen molar-refractivity contribution in [2.45, 2.75) is 270 Å². The highest BCUT2D eigenvalue weighted by atomic mass is 16.6. The fraction of sp³-hybridized carbons (Fsp3) is 0.786. The van der Waals surface area contributed by atoms with Gasteiger partial charge in [0.25, 0.3) is 0 Å². The number of allylic oxidation sites excluding steroid dienone is 10. The monoisotopic (exact) mass is 853 g/mol. The van der Waals surface area contributed by atoms with Gasteiger partial charge in [-0.15, -0.1) is 0 Å². The fourth-order valence-corrected chi connectivity index (χ4v) is 7.64. The molecule has 0 bridgehead atoms. The van der Waals surface area contributed by atoms with E-state index in [1.54, 1.807) is 0 Å². The van der Waals surface area contributed by atoms with Gasteiger partial charge in [-0.1, -0.05) is 254 Å². The van der Waals surface area contributed by atoms with Crippen molar-refractivity contribution >= 4 is 11.9 Å². The molecule has 0 aromatic heterocycles. The highest BCUT2D eigenvalue weighted by Crippen LogP contribution is 2.16. The maximum Gasteiger partial charge on any atom is 0.306 e. The van der Waals surface area contributed by atoms with Gasteiger partial charge in [0.1, 0.15) is 6.61 Å². The van der Waals surface area contributed by atoms with Crippen LogP contribution in [0.2, 0.25) is 0 Å². The van der Waals surface area contributed by atoms with Gasteiger partial charge in [0.15, 0.2) is 6.10 Å². The van der Waals surface area contributed by atoms with Gasteiger partial charge in [-0.2, -0.15) is 0 Å². The Morgan fingerprint density at radius 2 is 0.705 bits per heavy atom. The molecule has 5 heteroatoms. The summed E-state index contributed by atoms with van der Waals surface area (Å²) in [4.78, 5) is 24.5. The topological polar surface area (TPSA) is 72.8 Å². The van der Waals surface area contributed by atoms with Gasteiger partial charge in [0.05, 0.1) is 6.61 Å². The Balaban J connectivity index is 3.48. The maximum absolute atomic E-state index is 12.3. The minimum absolute atomic E-state index is 0.0636. The first kappa shape index (κ1) is 58.6. The Bertz CT molecular complexity index is 1060. The largest absolute Gasteiger partial charge is 0.462 e. The first-order valence-corrected chi connectivity index (χ1v) is 26.3. The van der Waals surface area contributed by atoms with Crippen molar-refractivity contribution in [1.82, 2.24) is 0 Å². The third kappa shape index (κ3) is 50.1. The van der Waals surface area contributed by atoms with Crippen LogP contribution in [0.15, 0.2) is 60.8 Å². The molecule has 0 heterocycles. The Morgan fingerprint density at radius 3 is 1.07 bits per heavy atom. The second-order valence-corrected chi connectivity index (χ2v) is 17.6. The van der Waals surface area contributed by atoms with Crippen molar-refractivity contribution in [3.05, 3.63) is 60.8 Å². The van der Waals surface area contributed by atoms with Crippen LogP contribution in [0.1, 0.15) is 264 Å². The molecule has 0 aromatic carbocycles. The predicted octanol–water partition coefficient (Wildman–Crippen LogP) is 17.5. The van der Waals surface area contributed by atoms with Crippen molar-refractivity contribution in [3.8, 4) is 0 Å². The van der Waals surface area contributed by atoms with E-state index in [0.29, 0.717) is 12.8 Å². The van der Waals surface area contributed by atoms with Crippen LogP contribution in [0.4, 0.5) is 0 Å². The summed E-state index contributed by atoms with van der Waals surface area (Å²) >= 11 is 0. The van der Waals surface area contributed by atoms with Crippen LogP contribution in [0, 0.1) is 0 Å². The summed E-state index contributed by atoms with van der Waals surface area (Å²) in [7, 11) is 0. The normalized spacial score (nSPS) is 12.6. The summed E-state index contributed by atoms with van der Waals surface area (Å²) < 4.78 is 10.7. The van der Waals surface area contributed by atoms with Crippen LogP contribution in [0.25, 0.3) is 0 Å². The van der Waals surface area contributed by atoms with Crippen LogP contribution in [-0.4, -0.2) is 36.4 Å². The molecule has 0 rings (SSSR count). The summed E-state index contributed by atoms with van der Waals surface area (Å²) in [6.45, 7) is 4.06. The van der Waals surface area contributed by atoms with Crippen molar-refractivity contribution in [2.75, 3.05) is 13.2 Å². The number of carbonyl (C=O) groups excluding carboxylic acids is 2. The molecule has 5 nitrogen and oxygen atoms in total. The molecule has 61 heavy (non-hydrogen) atoms. The summed E-state index contributed by atoms with van der Waals surface area (Å²) in [6, 6.07) is 0. The Morgan fingerprint density at radius 1 is 0.393 bits per heavy atom. The lowest BCUT2D eigenvalue weighted by atomic mass is 10.0. The van der Waals surface area contributed by atoms with Crippen LogP contribution in [0.5, 0.6) is 0 Å². The van der Waals surface area contributed by atoms with Crippen molar-refractivity contribution in [3.63, 3.8) is 0 Å². The van der Waals surface area contributed by atoms with Crippen molar-refractivity contribution < 1.29 is 24.2 Å². The Labute approximate surface area is 379 Å². The SMILES string of the molecule is CC/C=C\C/C=C\C/C=C\C/C=C\C/C=C\CCCCCCCCCCCCCCCC(=O)OC(CO)COC(=O)CCCCCCCCCCCCCCCCCCCC. The molecule has 0 amide bonds. The lowest BCUT2D eigenvalue weighted by Gasteiger charge is -2.15. The number of hydrogen-bond acceptors (Lipinski definition) is 5. The molecule has 354 valence electrons. The van der Waals surface area contributed by atoms with Gasteiger partial charge in [0.2, 0.25) is 0 Å². The van der Waals surface area contributed by atoms with E-state index in [9.17, 15) is 14.7 Å². The molecule has 0 aromatic rings. The third-order valence-electron chi connectivity index (χ3n) is 11.6. The zero-order chi connectivity index (χ0) is 44.2. The van der Waals surface area contributed by atoms with Gasteiger partial charge < -0.3 is 14.6 Å². The Hall–Kier alpha value is -2.40. The number of unbranched alkanes of at least 4 members (excludes halogenated alkanes) is 30. The van der Waals surface area contributed by atoms with E-state index in [2.05, 4.69) is 74.6 Å². The van der Waals surface area contributed by atoms with Crippen LogP contribution >= 0.6 is 0 Å². The summed E-state index contributed by atoms with van der Waals surface area (Å²) in [5, 5.41) is 9.63. The van der Waals surface area contributed by atoms with E-state index in [1.165, 1.54) is 167 Å². The van der Waals surface area contributed by atoms with Gasteiger partial charge in [-0.25, -0.2) is 0 Å². The summed E-state index contributed by atoms with van der Waals surface area (Å²) in [5.74, 6) is -0.581. The molecule has 0 saturated carbocycles. The van der Waals surface area contributed by atoms with Gasteiger partial charge in [-0.05, 0) is 57.8 Å². The highest BCUT2D eigenvalue weighted by Gasteiger charge is 2.16. The molecule has 0 radical (unpaired) electrons.